The van der Waals surface area contributed by atoms with Crippen molar-refractivity contribution in [1.29, 1.82) is 0 Å². The molecule has 0 spiro atoms. The second kappa shape index (κ2) is 6.95. The molecule has 2 aliphatic rings. The fourth-order valence-electron chi connectivity index (χ4n) is 3.49. The Morgan fingerprint density at radius 3 is 2.20 bits per heavy atom. The third-order valence-electron chi connectivity index (χ3n) is 4.88. The summed E-state index contributed by atoms with van der Waals surface area (Å²) < 4.78 is 0. The van der Waals surface area contributed by atoms with E-state index in [-0.39, 0.29) is 24.0 Å². The molecule has 5 heteroatoms. The molecule has 0 bridgehead atoms. The van der Waals surface area contributed by atoms with E-state index < -0.39 is 5.97 Å². The van der Waals surface area contributed by atoms with Gasteiger partial charge < -0.3 is 15.7 Å². The minimum atomic E-state index is -0.706. The second-order valence-corrected chi connectivity index (χ2v) is 6.34. The molecule has 0 radical (unpaired) electrons. The van der Waals surface area contributed by atoms with Crippen molar-refractivity contribution in [2.24, 2.45) is 11.8 Å². The molecule has 0 unspecified atom stereocenters. The van der Waals surface area contributed by atoms with Crippen LogP contribution in [-0.4, -0.2) is 29.2 Å². The molecule has 1 atom stereocenters. The summed E-state index contributed by atoms with van der Waals surface area (Å²) in [6, 6.07) is 0.261. The maximum absolute atomic E-state index is 12.0. The van der Waals surface area contributed by atoms with Gasteiger partial charge in [-0.2, -0.15) is 0 Å². The minimum absolute atomic E-state index is 0.0943. The quantitative estimate of drug-likeness (QED) is 0.741. The Hall–Kier alpha value is -1.26. The Labute approximate surface area is 120 Å². The van der Waals surface area contributed by atoms with Gasteiger partial charge in [0.25, 0.3) is 0 Å². The van der Waals surface area contributed by atoms with Crippen LogP contribution in [0.5, 0.6) is 0 Å². The fraction of sp³-hybridized carbons (Fsp3) is 0.867. The van der Waals surface area contributed by atoms with Gasteiger partial charge in [-0.05, 0) is 51.4 Å². The van der Waals surface area contributed by atoms with Crippen LogP contribution >= 0.6 is 0 Å². The molecule has 2 aliphatic carbocycles. The lowest BCUT2D eigenvalue weighted by Crippen LogP contribution is -2.48. The molecule has 2 saturated carbocycles. The number of nitrogens with one attached hydrogen (secondary N) is 2. The first-order valence-electron chi connectivity index (χ1n) is 7.86. The molecule has 2 fully saturated rings. The SMILES string of the molecule is C[C@@H](NC(=O)NC1CCC(C(=O)O)CC1)C1CCCC1. The van der Waals surface area contributed by atoms with E-state index in [0.29, 0.717) is 18.8 Å². The van der Waals surface area contributed by atoms with Crippen LogP contribution < -0.4 is 10.6 Å². The summed E-state index contributed by atoms with van der Waals surface area (Å²) in [6.07, 6.45) is 7.84. The summed E-state index contributed by atoms with van der Waals surface area (Å²) in [5.74, 6) is -0.320. The van der Waals surface area contributed by atoms with Gasteiger partial charge in [-0.25, -0.2) is 4.79 Å². The number of hydrogen-bond donors (Lipinski definition) is 3. The molecule has 0 aromatic carbocycles. The number of carboxylic acid groups (broad SMARTS) is 1. The molecule has 20 heavy (non-hydrogen) atoms. The highest BCUT2D eigenvalue weighted by molar-refractivity contribution is 5.74. The fourth-order valence-corrected chi connectivity index (χ4v) is 3.49. The number of amides is 2. The zero-order chi connectivity index (χ0) is 14.5. The Morgan fingerprint density at radius 2 is 1.65 bits per heavy atom. The van der Waals surface area contributed by atoms with Crippen LogP contribution in [-0.2, 0) is 4.79 Å². The summed E-state index contributed by atoms with van der Waals surface area (Å²) in [5, 5.41) is 15.0. The van der Waals surface area contributed by atoms with Gasteiger partial charge in [-0.1, -0.05) is 12.8 Å². The van der Waals surface area contributed by atoms with Gasteiger partial charge in [0.05, 0.1) is 5.92 Å². The van der Waals surface area contributed by atoms with E-state index in [4.69, 9.17) is 5.11 Å². The monoisotopic (exact) mass is 282 g/mol. The normalized spacial score (nSPS) is 28.9. The van der Waals surface area contributed by atoms with E-state index in [0.717, 1.165) is 12.8 Å². The number of urea groups is 1. The second-order valence-electron chi connectivity index (χ2n) is 6.34. The maximum Gasteiger partial charge on any atom is 0.315 e. The van der Waals surface area contributed by atoms with Gasteiger partial charge >= 0.3 is 12.0 Å². The van der Waals surface area contributed by atoms with Gasteiger partial charge in [-0.15, -0.1) is 0 Å². The average molecular weight is 282 g/mol. The van der Waals surface area contributed by atoms with Crippen LogP contribution in [0, 0.1) is 11.8 Å². The molecule has 2 amide bonds. The number of carbonyl (C=O) groups excluding carboxylic acids is 1. The van der Waals surface area contributed by atoms with Crippen molar-refractivity contribution in [2.75, 3.05) is 0 Å². The van der Waals surface area contributed by atoms with Crippen LogP contribution in [0.15, 0.2) is 0 Å². The number of aliphatic carboxylic acids is 1. The first-order valence-corrected chi connectivity index (χ1v) is 7.86. The van der Waals surface area contributed by atoms with Crippen LogP contribution in [0.1, 0.15) is 58.3 Å². The highest BCUT2D eigenvalue weighted by Crippen LogP contribution is 2.27. The zero-order valence-electron chi connectivity index (χ0n) is 12.2. The van der Waals surface area contributed by atoms with Crippen LogP contribution in [0.25, 0.3) is 0 Å². The van der Waals surface area contributed by atoms with E-state index in [1.54, 1.807) is 0 Å². The van der Waals surface area contributed by atoms with Gasteiger partial charge in [0.2, 0.25) is 0 Å². The molecule has 2 rings (SSSR count). The topological polar surface area (TPSA) is 78.4 Å². The molecule has 0 heterocycles. The van der Waals surface area contributed by atoms with E-state index in [9.17, 15) is 9.59 Å². The number of rotatable bonds is 4. The minimum Gasteiger partial charge on any atom is -0.481 e. The lowest BCUT2D eigenvalue weighted by atomic mass is 9.86. The third-order valence-corrected chi connectivity index (χ3v) is 4.88. The first-order chi connectivity index (χ1) is 9.56. The molecule has 5 nitrogen and oxygen atoms in total. The van der Waals surface area contributed by atoms with Crippen LogP contribution in [0.4, 0.5) is 4.79 Å². The molecule has 3 N–H and O–H groups in total. The Kier molecular flexibility index (Phi) is 5.26. The van der Waals surface area contributed by atoms with Crippen molar-refractivity contribution in [3.05, 3.63) is 0 Å². The van der Waals surface area contributed by atoms with Crippen molar-refractivity contribution >= 4 is 12.0 Å². The molecule has 0 saturated heterocycles. The van der Waals surface area contributed by atoms with Crippen molar-refractivity contribution in [1.82, 2.24) is 10.6 Å². The summed E-state index contributed by atoms with van der Waals surface area (Å²) in [5.41, 5.74) is 0. The number of carboxylic acids is 1. The van der Waals surface area contributed by atoms with E-state index in [1.165, 1.54) is 25.7 Å². The molecule has 0 aliphatic heterocycles. The standard InChI is InChI=1S/C15H26N2O3/c1-10(11-4-2-3-5-11)16-15(20)17-13-8-6-12(7-9-13)14(18)19/h10-13H,2-9H2,1H3,(H,18,19)(H2,16,17,20)/t10-,12?,13?/m1/s1. The van der Waals surface area contributed by atoms with Crippen molar-refractivity contribution < 1.29 is 14.7 Å². The smallest absolute Gasteiger partial charge is 0.315 e. The lowest BCUT2D eigenvalue weighted by Gasteiger charge is -2.28. The zero-order valence-corrected chi connectivity index (χ0v) is 12.2. The predicted octanol–water partition coefficient (Wildman–Crippen LogP) is 2.51. The lowest BCUT2D eigenvalue weighted by molar-refractivity contribution is -0.142. The summed E-state index contributed by atoms with van der Waals surface area (Å²) in [7, 11) is 0. The van der Waals surface area contributed by atoms with Crippen LogP contribution in [0.3, 0.4) is 0 Å². The Morgan fingerprint density at radius 1 is 1.05 bits per heavy atom. The molecular weight excluding hydrogens is 256 g/mol. The van der Waals surface area contributed by atoms with Gasteiger partial charge in [-0.3, -0.25) is 4.79 Å². The van der Waals surface area contributed by atoms with Crippen molar-refractivity contribution in [2.45, 2.75) is 70.4 Å². The molecular formula is C15H26N2O3. The largest absolute Gasteiger partial charge is 0.481 e. The van der Waals surface area contributed by atoms with E-state index >= 15 is 0 Å². The Bertz CT molecular complexity index is 345. The molecule has 0 aromatic rings. The molecule has 0 aromatic heterocycles. The summed E-state index contributed by atoms with van der Waals surface area (Å²) in [6.45, 7) is 2.08. The van der Waals surface area contributed by atoms with E-state index in [1.807, 2.05) is 0 Å². The third kappa shape index (κ3) is 4.12. The van der Waals surface area contributed by atoms with Crippen molar-refractivity contribution in [3.8, 4) is 0 Å². The number of hydrogen-bond acceptors (Lipinski definition) is 2. The summed E-state index contributed by atoms with van der Waals surface area (Å²) >= 11 is 0. The molecule has 114 valence electrons. The van der Waals surface area contributed by atoms with E-state index in [2.05, 4.69) is 17.6 Å². The van der Waals surface area contributed by atoms with Gasteiger partial charge in [0, 0.05) is 12.1 Å². The van der Waals surface area contributed by atoms with Gasteiger partial charge in [0.1, 0.15) is 0 Å². The first kappa shape index (κ1) is 15.1. The van der Waals surface area contributed by atoms with Gasteiger partial charge in [0.15, 0.2) is 0 Å². The Balaban J connectivity index is 1.68. The summed E-state index contributed by atoms with van der Waals surface area (Å²) in [4.78, 5) is 22.8. The average Bonchev–Trinajstić information content (AvgIpc) is 2.93. The maximum atomic E-state index is 12.0. The highest BCUT2D eigenvalue weighted by Gasteiger charge is 2.28. The predicted molar refractivity (Wildman–Crippen MR) is 76.5 cm³/mol. The number of carbonyl (C=O) groups is 2. The van der Waals surface area contributed by atoms with Crippen LogP contribution in [0.2, 0.25) is 0 Å². The van der Waals surface area contributed by atoms with Crippen molar-refractivity contribution in [3.63, 3.8) is 0 Å². The highest BCUT2D eigenvalue weighted by atomic mass is 16.4.